The van der Waals surface area contributed by atoms with Crippen molar-refractivity contribution in [1.29, 1.82) is 0 Å². The zero-order valence-electron chi connectivity index (χ0n) is 11.4. The number of anilines is 2. The molecule has 1 aliphatic rings. The van der Waals surface area contributed by atoms with E-state index in [1.807, 2.05) is 6.07 Å². The first kappa shape index (κ1) is 17.6. The summed E-state index contributed by atoms with van der Waals surface area (Å²) in [5.74, 6) is 1.76. The van der Waals surface area contributed by atoms with Crippen LogP contribution >= 0.6 is 24.8 Å². The molecular formula is C13H18Cl2N6. The van der Waals surface area contributed by atoms with Crippen molar-refractivity contribution in [2.75, 3.05) is 18.4 Å². The minimum absolute atomic E-state index is 0. The first-order valence-corrected chi connectivity index (χ1v) is 6.48. The standard InChI is InChI=1S/C13H16N6.2ClH/c1-4-14-5-2-10(1)11-3-6-17-13(18-11)19-12-9-15-7-8-16-12;;/h3,6-10,14H,1-2,4-5H2,(H,16,17,18,19);2*1H. The lowest BCUT2D eigenvalue weighted by atomic mass is 9.94. The van der Waals surface area contributed by atoms with Gasteiger partial charge in [-0.15, -0.1) is 24.8 Å². The second-order valence-electron chi connectivity index (χ2n) is 4.55. The maximum atomic E-state index is 4.57. The van der Waals surface area contributed by atoms with Gasteiger partial charge >= 0.3 is 0 Å². The Balaban J connectivity index is 0.00000110. The predicted octanol–water partition coefficient (Wildman–Crippen LogP) is 2.32. The third-order valence-corrected chi connectivity index (χ3v) is 3.24. The Hall–Kier alpha value is -1.50. The van der Waals surface area contributed by atoms with Gasteiger partial charge in [-0.1, -0.05) is 0 Å². The van der Waals surface area contributed by atoms with E-state index in [0.29, 0.717) is 17.7 Å². The Morgan fingerprint density at radius 3 is 2.57 bits per heavy atom. The molecule has 3 rings (SSSR count). The van der Waals surface area contributed by atoms with Gasteiger partial charge in [0.25, 0.3) is 0 Å². The van der Waals surface area contributed by atoms with Crippen LogP contribution in [0, 0.1) is 0 Å². The number of nitrogens with one attached hydrogen (secondary N) is 2. The van der Waals surface area contributed by atoms with E-state index in [2.05, 4.69) is 30.6 Å². The average Bonchev–Trinajstić information content (AvgIpc) is 2.49. The minimum Gasteiger partial charge on any atom is -0.317 e. The van der Waals surface area contributed by atoms with Crippen LogP contribution in [0.3, 0.4) is 0 Å². The van der Waals surface area contributed by atoms with E-state index in [-0.39, 0.29) is 24.8 Å². The van der Waals surface area contributed by atoms with Crippen molar-refractivity contribution in [3.05, 3.63) is 36.5 Å². The zero-order valence-corrected chi connectivity index (χ0v) is 13.0. The van der Waals surface area contributed by atoms with Crippen LogP contribution in [0.15, 0.2) is 30.9 Å². The van der Waals surface area contributed by atoms with Gasteiger partial charge in [-0.05, 0) is 32.0 Å². The summed E-state index contributed by atoms with van der Waals surface area (Å²) in [6.45, 7) is 2.11. The van der Waals surface area contributed by atoms with Gasteiger partial charge < -0.3 is 10.6 Å². The van der Waals surface area contributed by atoms with Crippen molar-refractivity contribution in [3.63, 3.8) is 0 Å². The SMILES string of the molecule is Cl.Cl.c1cnc(Nc2nccc(C3CCNCC3)n2)cn1. The molecule has 0 aliphatic carbocycles. The summed E-state index contributed by atoms with van der Waals surface area (Å²) < 4.78 is 0. The van der Waals surface area contributed by atoms with E-state index in [1.165, 1.54) is 0 Å². The molecule has 0 radical (unpaired) electrons. The van der Waals surface area contributed by atoms with Crippen LogP contribution in [-0.2, 0) is 0 Å². The second-order valence-corrected chi connectivity index (χ2v) is 4.55. The molecular weight excluding hydrogens is 311 g/mol. The van der Waals surface area contributed by atoms with Crippen molar-refractivity contribution in [1.82, 2.24) is 25.3 Å². The zero-order chi connectivity index (χ0) is 12.9. The third kappa shape index (κ3) is 4.77. The van der Waals surface area contributed by atoms with Crippen LogP contribution in [0.5, 0.6) is 0 Å². The Labute approximate surface area is 136 Å². The number of rotatable bonds is 3. The first-order chi connectivity index (χ1) is 9.42. The molecule has 0 bridgehead atoms. The summed E-state index contributed by atoms with van der Waals surface area (Å²) in [4.78, 5) is 17.0. The highest BCUT2D eigenvalue weighted by Crippen LogP contribution is 2.24. The minimum atomic E-state index is 0. The first-order valence-electron chi connectivity index (χ1n) is 6.48. The molecule has 2 aromatic heterocycles. The summed E-state index contributed by atoms with van der Waals surface area (Å²) in [5.41, 5.74) is 1.10. The van der Waals surface area contributed by atoms with Crippen LogP contribution in [0.4, 0.5) is 11.8 Å². The molecule has 114 valence electrons. The van der Waals surface area contributed by atoms with Gasteiger partial charge in [0.2, 0.25) is 5.95 Å². The largest absolute Gasteiger partial charge is 0.317 e. The molecule has 0 aromatic carbocycles. The summed E-state index contributed by atoms with van der Waals surface area (Å²) in [7, 11) is 0. The molecule has 3 heterocycles. The third-order valence-electron chi connectivity index (χ3n) is 3.24. The molecule has 0 atom stereocenters. The predicted molar refractivity (Wildman–Crippen MR) is 86.7 cm³/mol. The van der Waals surface area contributed by atoms with Crippen molar-refractivity contribution in [2.24, 2.45) is 0 Å². The van der Waals surface area contributed by atoms with E-state index < -0.39 is 0 Å². The van der Waals surface area contributed by atoms with Gasteiger partial charge in [-0.2, -0.15) is 0 Å². The Morgan fingerprint density at radius 2 is 1.86 bits per heavy atom. The maximum absolute atomic E-state index is 4.57. The van der Waals surface area contributed by atoms with Crippen molar-refractivity contribution >= 4 is 36.6 Å². The van der Waals surface area contributed by atoms with Gasteiger partial charge in [-0.25, -0.2) is 15.0 Å². The number of piperidine rings is 1. The van der Waals surface area contributed by atoms with E-state index in [0.717, 1.165) is 31.6 Å². The Bertz CT molecular complexity index is 533. The summed E-state index contributed by atoms with van der Waals surface area (Å²) in [5, 5.41) is 6.43. The number of aromatic nitrogens is 4. The summed E-state index contributed by atoms with van der Waals surface area (Å²) >= 11 is 0. The van der Waals surface area contributed by atoms with Crippen molar-refractivity contribution in [2.45, 2.75) is 18.8 Å². The number of hydrogen-bond donors (Lipinski definition) is 2. The average molecular weight is 329 g/mol. The van der Waals surface area contributed by atoms with Gasteiger partial charge in [-0.3, -0.25) is 4.98 Å². The molecule has 21 heavy (non-hydrogen) atoms. The Morgan fingerprint density at radius 1 is 1.05 bits per heavy atom. The number of hydrogen-bond acceptors (Lipinski definition) is 6. The normalized spacial score (nSPS) is 14.7. The molecule has 1 saturated heterocycles. The fraction of sp³-hybridized carbons (Fsp3) is 0.385. The van der Waals surface area contributed by atoms with Gasteiger partial charge in [0, 0.05) is 30.2 Å². The molecule has 1 aliphatic heterocycles. The van der Waals surface area contributed by atoms with E-state index in [4.69, 9.17) is 0 Å². The molecule has 6 nitrogen and oxygen atoms in total. The van der Waals surface area contributed by atoms with Crippen LogP contribution < -0.4 is 10.6 Å². The van der Waals surface area contributed by atoms with Crippen molar-refractivity contribution < 1.29 is 0 Å². The van der Waals surface area contributed by atoms with E-state index in [9.17, 15) is 0 Å². The quantitative estimate of drug-likeness (QED) is 0.900. The highest BCUT2D eigenvalue weighted by molar-refractivity contribution is 5.85. The van der Waals surface area contributed by atoms with E-state index in [1.54, 1.807) is 24.8 Å². The smallest absolute Gasteiger partial charge is 0.228 e. The molecule has 0 amide bonds. The number of halogens is 2. The second kappa shape index (κ2) is 8.71. The molecule has 0 saturated carbocycles. The van der Waals surface area contributed by atoms with Crippen LogP contribution in [0.2, 0.25) is 0 Å². The molecule has 2 aromatic rings. The summed E-state index contributed by atoms with van der Waals surface area (Å²) in [6, 6.07) is 2.00. The monoisotopic (exact) mass is 328 g/mol. The lowest BCUT2D eigenvalue weighted by molar-refractivity contribution is 0.453. The molecule has 2 N–H and O–H groups in total. The molecule has 1 fully saturated rings. The fourth-order valence-corrected chi connectivity index (χ4v) is 2.26. The topological polar surface area (TPSA) is 75.6 Å². The Kier molecular flexibility index (Phi) is 7.28. The summed E-state index contributed by atoms with van der Waals surface area (Å²) in [6.07, 6.45) is 8.98. The van der Waals surface area contributed by atoms with Gasteiger partial charge in [0.05, 0.1) is 6.20 Å². The molecule has 0 unspecified atom stereocenters. The lowest BCUT2D eigenvalue weighted by Crippen LogP contribution is -2.27. The highest BCUT2D eigenvalue weighted by Gasteiger charge is 2.16. The van der Waals surface area contributed by atoms with E-state index >= 15 is 0 Å². The maximum Gasteiger partial charge on any atom is 0.228 e. The lowest BCUT2D eigenvalue weighted by Gasteiger charge is -2.22. The number of nitrogens with zero attached hydrogens (tertiary/aromatic N) is 4. The van der Waals surface area contributed by atoms with Gasteiger partial charge in [0.1, 0.15) is 0 Å². The molecule has 0 spiro atoms. The fourth-order valence-electron chi connectivity index (χ4n) is 2.26. The van der Waals surface area contributed by atoms with Crippen LogP contribution in [0.25, 0.3) is 0 Å². The van der Waals surface area contributed by atoms with Crippen LogP contribution in [0.1, 0.15) is 24.5 Å². The highest BCUT2D eigenvalue weighted by atomic mass is 35.5. The molecule has 8 heteroatoms. The van der Waals surface area contributed by atoms with Crippen LogP contribution in [-0.4, -0.2) is 33.0 Å². The van der Waals surface area contributed by atoms with Crippen molar-refractivity contribution in [3.8, 4) is 0 Å². The van der Waals surface area contributed by atoms with Gasteiger partial charge in [0.15, 0.2) is 5.82 Å².